The molecule has 0 saturated heterocycles. The van der Waals surface area contributed by atoms with Gasteiger partial charge >= 0.3 is 0 Å². The van der Waals surface area contributed by atoms with Gasteiger partial charge in [0.1, 0.15) is 0 Å². The highest BCUT2D eigenvalue weighted by atomic mass is 15.2. The third-order valence-corrected chi connectivity index (χ3v) is 5.39. The van der Waals surface area contributed by atoms with Crippen LogP contribution in [0.3, 0.4) is 0 Å². The van der Waals surface area contributed by atoms with Crippen molar-refractivity contribution < 1.29 is 0 Å². The van der Waals surface area contributed by atoms with Crippen LogP contribution in [0.1, 0.15) is 25.7 Å². The lowest BCUT2D eigenvalue weighted by molar-refractivity contribution is -0.263. The average molecular weight is 135 g/mol. The molecule has 0 radical (unpaired) electrons. The third kappa shape index (κ3) is 0.161. The molecule has 0 aromatic carbocycles. The highest BCUT2D eigenvalue weighted by molar-refractivity contribution is 5.53. The lowest BCUT2D eigenvalue weighted by Gasteiger charge is -2.74. The van der Waals surface area contributed by atoms with Crippen molar-refractivity contribution in [1.29, 1.82) is 0 Å². The van der Waals surface area contributed by atoms with Crippen molar-refractivity contribution in [3.8, 4) is 0 Å². The van der Waals surface area contributed by atoms with Crippen molar-refractivity contribution >= 4 is 0 Å². The largest absolute Gasteiger partial charge is 0.316 e. The molecule has 2 atom stereocenters. The molecule has 1 heteroatoms. The first-order valence-corrected chi connectivity index (χ1v) is 4.49. The Labute approximate surface area is 61.2 Å². The summed E-state index contributed by atoms with van der Waals surface area (Å²) in [6.07, 6.45) is 6.29. The summed E-state index contributed by atoms with van der Waals surface area (Å²) in [5, 5.41) is 3.50. The van der Waals surface area contributed by atoms with Crippen LogP contribution in [0, 0.1) is 16.2 Å². The molecule has 0 aromatic rings. The molecule has 0 aromatic heterocycles. The van der Waals surface area contributed by atoms with Gasteiger partial charge in [0, 0.05) is 6.04 Å². The van der Waals surface area contributed by atoms with Crippen molar-refractivity contribution in [2.45, 2.75) is 31.7 Å². The molecule has 2 unspecified atom stereocenters. The lowest BCUT2D eigenvalue weighted by atomic mass is 9.29. The van der Waals surface area contributed by atoms with E-state index in [0.29, 0.717) is 0 Å². The SMILES string of the molecule is CNC1C23CC4(CCC142)C3. The van der Waals surface area contributed by atoms with Gasteiger partial charge in [-0.3, -0.25) is 0 Å². The van der Waals surface area contributed by atoms with Gasteiger partial charge < -0.3 is 5.32 Å². The second-order valence-corrected chi connectivity index (χ2v) is 4.98. The average Bonchev–Trinajstić information content (AvgIpc) is 2.42. The van der Waals surface area contributed by atoms with Crippen LogP contribution in [0.4, 0.5) is 0 Å². The first kappa shape index (κ1) is 4.76. The first-order chi connectivity index (χ1) is 4.81. The molecule has 5 rings (SSSR count). The molecule has 3 spiro atoms. The smallest absolute Gasteiger partial charge is 0.0195 e. The van der Waals surface area contributed by atoms with E-state index in [0.717, 1.165) is 22.3 Å². The van der Waals surface area contributed by atoms with Crippen LogP contribution in [-0.2, 0) is 0 Å². The maximum atomic E-state index is 3.50. The van der Waals surface area contributed by atoms with E-state index in [9.17, 15) is 0 Å². The molecule has 1 nitrogen and oxygen atoms in total. The van der Waals surface area contributed by atoms with Crippen LogP contribution in [0.2, 0.25) is 0 Å². The minimum Gasteiger partial charge on any atom is -0.316 e. The summed E-state index contributed by atoms with van der Waals surface area (Å²) < 4.78 is 0. The summed E-state index contributed by atoms with van der Waals surface area (Å²) in [6.45, 7) is 0. The topological polar surface area (TPSA) is 12.0 Å². The Bertz CT molecular complexity index is 239. The summed E-state index contributed by atoms with van der Waals surface area (Å²) >= 11 is 0. The summed E-state index contributed by atoms with van der Waals surface area (Å²) in [6, 6.07) is 0.953. The standard InChI is InChI=1S/C9H13N/c1-10-6-8-4-7(5-8)2-3-9(6,7)8/h6,10H,2-5H2,1H3. The van der Waals surface area contributed by atoms with Crippen molar-refractivity contribution in [3.63, 3.8) is 0 Å². The number of nitrogens with one attached hydrogen (secondary N) is 1. The van der Waals surface area contributed by atoms with Crippen LogP contribution < -0.4 is 5.32 Å². The highest BCUT2D eigenvalue weighted by Crippen LogP contribution is 3.06. The monoisotopic (exact) mass is 135 g/mol. The van der Waals surface area contributed by atoms with Gasteiger partial charge in [-0.1, -0.05) is 0 Å². The fourth-order valence-electron chi connectivity index (χ4n) is 5.12. The maximum absolute atomic E-state index is 3.50. The van der Waals surface area contributed by atoms with Crippen molar-refractivity contribution in [3.05, 3.63) is 0 Å². The molecule has 2 bridgehead atoms. The van der Waals surface area contributed by atoms with Gasteiger partial charge in [-0.2, -0.15) is 0 Å². The van der Waals surface area contributed by atoms with Gasteiger partial charge in [0.05, 0.1) is 0 Å². The molecule has 5 fully saturated rings. The summed E-state index contributed by atoms with van der Waals surface area (Å²) in [5.41, 5.74) is 2.69. The Kier molecular flexibility index (Phi) is 0.401. The van der Waals surface area contributed by atoms with E-state index in [4.69, 9.17) is 0 Å². The van der Waals surface area contributed by atoms with Crippen LogP contribution in [-0.4, -0.2) is 13.1 Å². The van der Waals surface area contributed by atoms with Crippen molar-refractivity contribution in [2.75, 3.05) is 7.05 Å². The van der Waals surface area contributed by atoms with Gasteiger partial charge in [0.25, 0.3) is 0 Å². The Morgan fingerprint density at radius 1 is 1.30 bits per heavy atom. The summed E-state index contributed by atoms with van der Waals surface area (Å²) in [4.78, 5) is 0. The van der Waals surface area contributed by atoms with Gasteiger partial charge in [-0.05, 0) is 49.0 Å². The molecule has 5 saturated carbocycles. The van der Waals surface area contributed by atoms with Gasteiger partial charge in [0.2, 0.25) is 0 Å². The molecule has 0 aliphatic heterocycles. The van der Waals surface area contributed by atoms with Crippen molar-refractivity contribution in [2.24, 2.45) is 16.2 Å². The summed E-state index contributed by atoms with van der Waals surface area (Å²) in [7, 11) is 2.15. The number of rotatable bonds is 1. The maximum Gasteiger partial charge on any atom is 0.0195 e. The van der Waals surface area contributed by atoms with Gasteiger partial charge in [-0.15, -0.1) is 0 Å². The fraction of sp³-hybridized carbons (Fsp3) is 1.00. The van der Waals surface area contributed by atoms with Crippen LogP contribution in [0.15, 0.2) is 0 Å². The lowest BCUT2D eigenvalue weighted by Crippen LogP contribution is -2.67. The van der Waals surface area contributed by atoms with E-state index < -0.39 is 0 Å². The highest BCUT2D eigenvalue weighted by Gasteiger charge is 3.03. The Balaban J connectivity index is 1.87. The number of hydrogen-bond donors (Lipinski definition) is 1. The zero-order valence-corrected chi connectivity index (χ0v) is 6.41. The minimum absolute atomic E-state index is 0.875. The normalized spacial score (nSPS) is 79.5. The minimum atomic E-state index is 0.875. The quantitative estimate of drug-likeness (QED) is 0.568. The number of hydrogen-bond acceptors (Lipinski definition) is 1. The Morgan fingerprint density at radius 2 is 2.10 bits per heavy atom. The van der Waals surface area contributed by atoms with Crippen molar-refractivity contribution in [1.82, 2.24) is 5.32 Å². The molecule has 54 valence electrons. The molecule has 5 aliphatic carbocycles. The van der Waals surface area contributed by atoms with Gasteiger partial charge in [0.15, 0.2) is 0 Å². The molecular formula is C9H13N. The second kappa shape index (κ2) is 0.842. The fourth-order valence-corrected chi connectivity index (χ4v) is 5.12. The Morgan fingerprint density at radius 3 is 2.20 bits per heavy atom. The van der Waals surface area contributed by atoms with E-state index in [1.807, 2.05) is 0 Å². The van der Waals surface area contributed by atoms with E-state index in [-0.39, 0.29) is 0 Å². The molecule has 0 heterocycles. The zero-order chi connectivity index (χ0) is 6.61. The first-order valence-electron chi connectivity index (χ1n) is 4.49. The zero-order valence-electron chi connectivity index (χ0n) is 6.41. The molecule has 10 heavy (non-hydrogen) atoms. The van der Waals surface area contributed by atoms with E-state index in [2.05, 4.69) is 12.4 Å². The van der Waals surface area contributed by atoms with E-state index in [1.54, 1.807) is 25.7 Å². The Hall–Kier alpha value is -0.0400. The molecule has 5 aliphatic rings. The summed E-state index contributed by atoms with van der Waals surface area (Å²) in [5.74, 6) is 0. The van der Waals surface area contributed by atoms with Gasteiger partial charge in [-0.25, -0.2) is 0 Å². The molecule has 1 N–H and O–H groups in total. The van der Waals surface area contributed by atoms with Crippen LogP contribution in [0.5, 0.6) is 0 Å². The van der Waals surface area contributed by atoms with E-state index >= 15 is 0 Å². The molecule has 0 amide bonds. The third-order valence-electron chi connectivity index (χ3n) is 5.39. The van der Waals surface area contributed by atoms with E-state index in [1.165, 1.54) is 0 Å². The molecular weight excluding hydrogens is 122 g/mol. The predicted molar refractivity (Wildman–Crippen MR) is 38.6 cm³/mol. The second-order valence-electron chi connectivity index (χ2n) is 4.98. The van der Waals surface area contributed by atoms with Crippen LogP contribution >= 0.6 is 0 Å². The predicted octanol–water partition coefficient (Wildman–Crippen LogP) is 1.15. The van der Waals surface area contributed by atoms with Crippen LogP contribution in [0.25, 0.3) is 0 Å².